The highest BCUT2D eigenvalue weighted by Crippen LogP contribution is 2.25. The largest absolute Gasteiger partial charge is 0.384 e. The van der Waals surface area contributed by atoms with Gasteiger partial charge in [-0.05, 0) is 37.1 Å². The van der Waals surface area contributed by atoms with Crippen LogP contribution >= 0.6 is 11.8 Å². The molecule has 2 aliphatic rings. The Kier molecular flexibility index (Phi) is 3.20. The fourth-order valence-corrected chi connectivity index (χ4v) is 3.65. The summed E-state index contributed by atoms with van der Waals surface area (Å²) in [6.07, 6.45) is 1.03. The Bertz CT molecular complexity index is 475. The van der Waals surface area contributed by atoms with Gasteiger partial charge in [-0.15, -0.1) is 0 Å². The second-order valence-electron chi connectivity index (χ2n) is 4.97. The molecule has 2 heterocycles. The van der Waals surface area contributed by atoms with Gasteiger partial charge in [0.05, 0.1) is 0 Å². The molecule has 2 aliphatic heterocycles. The first-order valence-corrected chi connectivity index (χ1v) is 7.66. The Morgan fingerprint density at radius 1 is 1.50 bits per heavy atom. The van der Waals surface area contributed by atoms with Crippen molar-refractivity contribution in [3.63, 3.8) is 0 Å². The molecule has 0 radical (unpaired) electrons. The van der Waals surface area contributed by atoms with E-state index in [4.69, 9.17) is 0 Å². The van der Waals surface area contributed by atoms with E-state index in [2.05, 4.69) is 18.3 Å². The molecule has 0 saturated carbocycles. The summed E-state index contributed by atoms with van der Waals surface area (Å²) < 4.78 is 0. The highest BCUT2D eigenvalue weighted by molar-refractivity contribution is 7.99. The SMILES string of the molecule is CC1CSCCN1C(=O)c1ccc2c(c1)CCN2. The highest BCUT2D eigenvalue weighted by Gasteiger charge is 2.25. The van der Waals surface area contributed by atoms with E-state index in [0.717, 1.165) is 36.6 Å². The summed E-state index contributed by atoms with van der Waals surface area (Å²) in [6.45, 7) is 4.00. The van der Waals surface area contributed by atoms with E-state index in [1.54, 1.807) is 0 Å². The smallest absolute Gasteiger partial charge is 0.254 e. The second kappa shape index (κ2) is 4.84. The van der Waals surface area contributed by atoms with E-state index in [0.29, 0.717) is 6.04 Å². The summed E-state index contributed by atoms with van der Waals surface area (Å²) in [5.41, 5.74) is 3.31. The highest BCUT2D eigenvalue weighted by atomic mass is 32.2. The number of anilines is 1. The number of benzene rings is 1. The predicted molar refractivity (Wildman–Crippen MR) is 76.5 cm³/mol. The molecule has 1 atom stereocenters. The Morgan fingerprint density at radius 2 is 2.39 bits per heavy atom. The second-order valence-corrected chi connectivity index (χ2v) is 6.12. The lowest BCUT2D eigenvalue weighted by Gasteiger charge is -2.33. The molecule has 1 aromatic carbocycles. The fraction of sp³-hybridized carbons (Fsp3) is 0.500. The minimum absolute atomic E-state index is 0.192. The zero-order valence-corrected chi connectivity index (χ0v) is 11.4. The van der Waals surface area contributed by atoms with Gasteiger partial charge in [0.25, 0.3) is 5.91 Å². The van der Waals surface area contributed by atoms with Crippen molar-refractivity contribution in [2.24, 2.45) is 0 Å². The van der Waals surface area contributed by atoms with Crippen molar-refractivity contribution in [1.29, 1.82) is 0 Å². The third-order valence-corrected chi connectivity index (χ3v) is 4.88. The molecule has 1 N–H and O–H groups in total. The van der Waals surface area contributed by atoms with Gasteiger partial charge >= 0.3 is 0 Å². The number of hydrogen-bond acceptors (Lipinski definition) is 3. The molecular weight excluding hydrogens is 244 g/mol. The number of nitrogens with one attached hydrogen (secondary N) is 1. The van der Waals surface area contributed by atoms with Crippen LogP contribution in [-0.4, -0.2) is 41.4 Å². The van der Waals surface area contributed by atoms with Crippen LogP contribution in [0, 0.1) is 0 Å². The average molecular weight is 262 g/mol. The Hall–Kier alpha value is -1.16. The molecule has 96 valence electrons. The van der Waals surface area contributed by atoms with Gasteiger partial charge in [-0.2, -0.15) is 11.8 Å². The van der Waals surface area contributed by atoms with Gasteiger partial charge in [-0.1, -0.05) is 0 Å². The topological polar surface area (TPSA) is 32.3 Å². The molecule has 1 saturated heterocycles. The number of hydrogen-bond donors (Lipinski definition) is 1. The van der Waals surface area contributed by atoms with E-state index in [9.17, 15) is 4.79 Å². The van der Waals surface area contributed by atoms with Gasteiger partial charge in [0, 0.05) is 41.9 Å². The number of nitrogens with zero attached hydrogens (tertiary/aromatic N) is 1. The summed E-state index contributed by atoms with van der Waals surface area (Å²) in [5, 5.41) is 3.33. The molecule has 0 aliphatic carbocycles. The summed E-state index contributed by atoms with van der Waals surface area (Å²) in [4.78, 5) is 14.5. The Morgan fingerprint density at radius 3 is 3.22 bits per heavy atom. The zero-order valence-electron chi connectivity index (χ0n) is 10.6. The molecular formula is C14H18N2OS. The number of carbonyl (C=O) groups excluding carboxylic acids is 1. The van der Waals surface area contributed by atoms with Crippen LogP contribution in [0.2, 0.25) is 0 Å². The van der Waals surface area contributed by atoms with E-state index in [1.807, 2.05) is 28.8 Å². The van der Waals surface area contributed by atoms with Crippen molar-refractivity contribution in [1.82, 2.24) is 4.90 Å². The van der Waals surface area contributed by atoms with Gasteiger partial charge in [0.15, 0.2) is 0 Å². The predicted octanol–water partition coefficient (Wildman–Crippen LogP) is 2.23. The Balaban J connectivity index is 1.83. The first-order chi connectivity index (χ1) is 8.75. The van der Waals surface area contributed by atoms with Crippen LogP contribution in [0.15, 0.2) is 18.2 Å². The van der Waals surface area contributed by atoms with Crippen molar-refractivity contribution in [2.45, 2.75) is 19.4 Å². The number of fused-ring (bicyclic) bond motifs is 1. The van der Waals surface area contributed by atoms with Crippen LogP contribution in [0.25, 0.3) is 0 Å². The van der Waals surface area contributed by atoms with Crippen LogP contribution in [0.4, 0.5) is 5.69 Å². The van der Waals surface area contributed by atoms with Crippen molar-refractivity contribution < 1.29 is 4.79 Å². The maximum absolute atomic E-state index is 12.5. The third-order valence-electron chi connectivity index (χ3n) is 3.69. The van der Waals surface area contributed by atoms with Gasteiger partial charge in [0.1, 0.15) is 0 Å². The molecule has 3 rings (SSSR count). The lowest BCUT2D eigenvalue weighted by molar-refractivity contribution is 0.0716. The molecule has 18 heavy (non-hydrogen) atoms. The third kappa shape index (κ3) is 2.09. The molecule has 4 heteroatoms. The molecule has 1 fully saturated rings. The lowest BCUT2D eigenvalue weighted by Crippen LogP contribution is -2.44. The molecule has 0 aromatic heterocycles. The van der Waals surface area contributed by atoms with Crippen molar-refractivity contribution in [2.75, 3.05) is 29.9 Å². The van der Waals surface area contributed by atoms with Crippen molar-refractivity contribution in [3.8, 4) is 0 Å². The standard InChI is InChI=1S/C14H18N2OS/c1-10-9-18-7-6-16(10)14(17)12-2-3-13-11(8-12)4-5-15-13/h2-3,8,10,15H,4-7,9H2,1H3. The van der Waals surface area contributed by atoms with Crippen LogP contribution in [0.1, 0.15) is 22.8 Å². The summed E-state index contributed by atoms with van der Waals surface area (Å²) in [7, 11) is 0. The first kappa shape index (κ1) is 11.9. The van der Waals surface area contributed by atoms with Crippen LogP contribution in [-0.2, 0) is 6.42 Å². The quantitative estimate of drug-likeness (QED) is 0.842. The number of thioether (sulfide) groups is 1. The zero-order chi connectivity index (χ0) is 12.5. The summed E-state index contributed by atoms with van der Waals surface area (Å²) in [5.74, 6) is 2.30. The molecule has 1 unspecified atom stereocenters. The van der Waals surface area contributed by atoms with E-state index in [-0.39, 0.29) is 5.91 Å². The molecule has 1 aromatic rings. The first-order valence-electron chi connectivity index (χ1n) is 6.51. The molecule has 3 nitrogen and oxygen atoms in total. The number of rotatable bonds is 1. The van der Waals surface area contributed by atoms with Crippen LogP contribution < -0.4 is 5.32 Å². The van der Waals surface area contributed by atoms with Gasteiger partial charge < -0.3 is 10.2 Å². The van der Waals surface area contributed by atoms with E-state index in [1.165, 1.54) is 11.3 Å². The summed E-state index contributed by atoms with van der Waals surface area (Å²) >= 11 is 1.94. The number of carbonyl (C=O) groups is 1. The lowest BCUT2D eigenvalue weighted by atomic mass is 10.1. The minimum atomic E-state index is 0.192. The molecule has 1 amide bonds. The van der Waals surface area contributed by atoms with Crippen LogP contribution in [0.3, 0.4) is 0 Å². The van der Waals surface area contributed by atoms with Gasteiger partial charge in [-0.3, -0.25) is 4.79 Å². The van der Waals surface area contributed by atoms with E-state index < -0.39 is 0 Å². The monoisotopic (exact) mass is 262 g/mol. The van der Waals surface area contributed by atoms with Crippen molar-refractivity contribution in [3.05, 3.63) is 29.3 Å². The minimum Gasteiger partial charge on any atom is -0.384 e. The maximum Gasteiger partial charge on any atom is 0.254 e. The number of amides is 1. The normalized spacial score (nSPS) is 22.5. The van der Waals surface area contributed by atoms with Gasteiger partial charge in [-0.25, -0.2) is 0 Å². The maximum atomic E-state index is 12.5. The Labute approximate surface area is 112 Å². The summed E-state index contributed by atoms with van der Waals surface area (Å²) in [6, 6.07) is 6.40. The molecule has 0 spiro atoms. The van der Waals surface area contributed by atoms with Gasteiger partial charge in [0.2, 0.25) is 0 Å². The molecule has 0 bridgehead atoms. The van der Waals surface area contributed by atoms with Crippen LogP contribution in [0.5, 0.6) is 0 Å². The van der Waals surface area contributed by atoms with Crippen molar-refractivity contribution >= 4 is 23.4 Å². The fourth-order valence-electron chi connectivity index (χ4n) is 2.63. The van der Waals surface area contributed by atoms with E-state index >= 15 is 0 Å². The average Bonchev–Trinajstić information content (AvgIpc) is 2.85.